The number of ether oxygens (including phenoxy) is 1. The number of aryl methyl sites for hydroxylation is 1. The normalized spacial score (nSPS) is 12.0. The molecule has 34 heavy (non-hydrogen) atoms. The molecule has 186 valence electrons. The van der Waals surface area contributed by atoms with Gasteiger partial charge in [0, 0.05) is 13.1 Å². The van der Waals surface area contributed by atoms with Gasteiger partial charge in [-0.15, -0.1) is 0 Å². The maximum atomic E-state index is 13.5. The molecule has 1 N–H and O–H groups in total. The van der Waals surface area contributed by atoms with Crippen LogP contribution in [0.15, 0.2) is 48.5 Å². The molecule has 0 fully saturated rings. The van der Waals surface area contributed by atoms with Gasteiger partial charge in [-0.1, -0.05) is 43.2 Å². The Labute approximate surface area is 202 Å². The summed E-state index contributed by atoms with van der Waals surface area (Å²) in [6, 6.07) is 13.3. The molecule has 0 spiro atoms. The zero-order valence-corrected chi connectivity index (χ0v) is 21.4. The summed E-state index contributed by atoms with van der Waals surface area (Å²) in [5.74, 6) is -0.173. The highest BCUT2D eigenvalue weighted by Gasteiger charge is 2.30. The van der Waals surface area contributed by atoms with Gasteiger partial charge in [0.05, 0.1) is 19.1 Å². The van der Waals surface area contributed by atoms with Crippen LogP contribution >= 0.6 is 0 Å². The summed E-state index contributed by atoms with van der Waals surface area (Å²) in [7, 11) is -2.25. The van der Waals surface area contributed by atoms with E-state index in [2.05, 4.69) is 5.32 Å². The first-order valence-corrected chi connectivity index (χ1v) is 13.2. The number of amides is 2. The first-order chi connectivity index (χ1) is 16.1. The fourth-order valence-corrected chi connectivity index (χ4v) is 4.34. The summed E-state index contributed by atoms with van der Waals surface area (Å²) in [6.45, 7) is 5.92. The van der Waals surface area contributed by atoms with Crippen molar-refractivity contribution in [2.24, 2.45) is 0 Å². The number of carbonyl (C=O) groups excluding carboxylic acids is 2. The Kier molecular flexibility index (Phi) is 9.92. The molecule has 1 unspecified atom stereocenters. The molecule has 0 saturated carbocycles. The van der Waals surface area contributed by atoms with Gasteiger partial charge >= 0.3 is 0 Å². The number of sulfonamides is 1. The molecule has 0 bridgehead atoms. The van der Waals surface area contributed by atoms with E-state index < -0.39 is 28.5 Å². The van der Waals surface area contributed by atoms with Crippen LogP contribution in [0.3, 0.4) is 0 Å². The molecule has 2 aromatic rings. The highest BCUT2D eigenvalue weighted by Crippen LogP contribution is 2.22. The van der Waals surface area contributed by atoms with Crippen molar-refractivity contribution in [2.75, 3.05) is 30.8 Å². The highest BCUT2D eigenvalue weighted by atomic mass is 32.2. The summed E-state index contributed by atoms with van der Waals surface area (Å²) < 4.78 is 31.3. The number of carbonyl (C=O) groups is 2. The molecular weight excluding hydrogens is 454 g/mol. The number of benzene rings is 2. The largest absolute Gasteiger partial charge is 0.497 e. The van der Waals surface area contributed by atoms with E-state index in [1.807, 2.05) is 38.1 Å². The number of unbranched alkanes of at least 4 members (excludes halogenated alkanes) is 1. The Morgan fingerprint density at radius 2 is 1.79 bits per heavy atom. The molecule has 0 aromatic heterocycles. The highest BCUT2D eigenvalue weighted by molar-refractivity contribution is 7.92. The first-order valence-electron chi connectivity index (χ1n) is 11.3. The van der Waals surface area contributed by atoms with Crippen molar-refractivity contribution in [3.63, 3.8) is 0 Å². The van der Waals surface area contributed by atoms with Crippen LogP contribution in [0.25, 0.3) is 0 Å². The monoisotopic (exact) mass is 489 g/mol. The van der Waals surface area contributed by atoms with E-state index in [1.54, 1.807) is 31.2 Å². The molecular formula is C25H35N3O5S. The van der Waals surface area contributed by atoms with Crippen molar-refractivity contribution in [1.29, 1.82) is 0 Å². The van der Waals surface area contributed by atoms with Crippen molar-refractivity contribution in [3.8, 4) is 5.75 Å². The summed E-state index contributed by atoms with van der Waals surface area (Å²) in [4.78, 5) is 27.7. The van der Waals surface area contributed by atoms with Crippen LogP contribution < -0.4 is 14.4 Å². The van der Waals surface area contributed by atoms with Crippen LogP contribution in [0, 0.1) is 6.92 Å². The number of hydrogen-bond acceptors (Lipinski definition) is 5. The van der Waals surface area contributed by atoms with Crippen LogP contribution in [0.4, 0.5) is 5.69 Å². The lowest BCUT2D eigenvalue weighted by molar-refractivity contribution is -0.139. The van der Waals surface area contributed by atoms with Gasteiger partial charge < -0.3 is 15.0 Å². The Morgan fingerprint density at radius 1 is 1.12 bits per heavy atom. The SMILES string of the molecule is CCCCNC(=O)C(C)N(Cc1cccc(C)c1)C(=O)CN(c1ccc(OC)cc1)S(C)(=O)=O. The molecule has 2 amide bonds. The molecule has 0 aliphatic carbocycles. The topological polar surface area (TPSA) is 96.0 Å². The fourth-order valence-electron chi connectivity index (χ4n) is 3.49. The lowest BCUT2D eigenvalue weighted by Gasteiger charge is -2.31. The third-order valence-electron chi connectivity index (χ3n) is 5.47. The maximum Gasteiger partial charge on any atom is 0.244 e. The third-order valence-corrected chi connectivity index (χ3v) is 6.61. The molecule has 2 aromatic carbocycles. The van der Waals surface area contributed by atoms with Gasteiger partial charge in [0.25, 0.3) is 0 Å². The summed E-state index contributed by atoms with van der Waals surface area (Å²) in [5, 5.41) is 2.87. The Balaban J connectivity index is 2.34. The number of nitrogens with zero attached hydrogens (tertiary/aromatic N) is 2. The minimum absolute atomic E-state index is 0.184. The van der Waals surface area contributed by atoms with Gasteiger partial charge in [0.2, 0.25) is 21.8 Å². The standard InChI is InChI=1S/C25H35N3O5S/c1-6-7-15-26-25(30)20(3)27(17-21-10-8-9-19(2)16-21)24(29)18-28(34(5,31)32)22-11-13-23(33-4)14-12-22/h8-14,16,20H,6-7,15,17-18H2,1-5H3,(H,26,30). The predicted octanol–water partition coefficient (Wildman–Crippen LogP) is 3.10. The molecule has 0 aliphatic heterocycles. The van der Waals surface area contributed by atoms with E-state index in [0.29, 0.717) is 18.0 Å². The number of rotatable bonds is 12. The predicted molar refractivity (Wildman–Crippen MR) is 134 cm³/mol. The van der Waals surface area contributed by atoms with Crippen molar-refractivity contribution in [3.05, 3.63) is 59.7 Å². The molecule has 9 heteroatoms. The second kappa shape index (κ2) is 12.4. The average molecular weight is 490 g/mol. The minimum Gasteiger partial charge on any atom is -0.497 e. The molecule has 1 atom stereocenters. The lowest BCUT2D eigenvalue weighted by atomic mass is 10.1. The summed E-state index contributed by atoms with van der Waals surface area (Å²) in [5.41, 5.74) is 2.23. The van der Waals surface area contributed by atoms with Crippen LogP contribution in [-0.2, 0) is 26.2 Å². The Hall–Kier alpha value is -3.07. The molecule has 2 rings (SSSR count). The summed E-state index contributed by atoms with van der Waals surface area (Å²) in [6.07, 6.45) is 2.83. The zero-order chi connectivity index (χ0) is 25.3. The molecule has 0 aliphatic rings. The van der Waals surface area contributed by atoms with Crippen molar-refractivity contribution >= 4 is 27.5 Å². The Morgan fingerprint density at radius 3 is 2.35 bits per heavy atom. The van der Waals surface area contributed by atoms with E-state index >= 15 is 0 Å². The van der Waals surface area contributed by atoms with Gasteiger partial charge in [0.15, 0.2) is 0 Å². The van der Waals surface area contributed by atoms with Gasteiger partial charge in [-0.25, -0.2) is 8.42 Å². The van der Waals surface area contributed by atoms with Crippen LogP contribution in [0.2, 0.25) is 0 Å². The Bertz CT molecular complexity index is 1070. The van der Waals surface area contributed by atoms with Gasteiger partial charge in [-0.2, -0.15) is 0 Å². The molecule has 0 radical (unpaired) electrons. The van der Waals surface area contributed by atoms with Crippen LogP contribution in [-0.4, -0.2) is 57.6 Å². The first kappa shape index (κ1) is 27.2. The van der Waals surface area contributed by atoms with Gasteiger partial charge in [-0.05, 0) is 50.1 Å². The average Bonchev–Trinajstić information content (AvgIpc) is 2.80. The molecule has 8 nitrogen and oxygen atoms in total. The van der Waals surface area contributed by atoms with Gasteiger partial charge in [-0.3, -0.25) is 13.9 Å². The van der Waals surface area contributed by atoms with E-state index in [0.717, 1.165) is 34.5 Å². The van der Waals surface area contributed by atoms with Crippen molar-refractivity contribution in [1.82, 2.24) is 10.2 Å². The quantitative estimate of drug-likeness (QED) is 0.462. The van der Waals surface area contributed by atoms with E-state index in [4.69, 9.17) is 4.74 Å². The van der Waals surface area contributed by atoms with Crippen LogP contribution in [0.5, 0.6) is 5.75 Å². The lowest BCUT2D eigenvalue weighted by Crippen LogP contribution is -2.51. The number of hydrogen-bond donors (Lipinski definition) is 1. The molecule has 0 heterocycles. The molecule has 0 saturated heterocycles. The van der Waals surface area contributed by atoms with E-state index in [-0.39, 0.29) is 12.5 Å². The third kappa shape index (κ3) is 7.76. The number of nitrogens with one attached hydrogen (secondary N) is 1. The zero-order valence-electron chi connectivity index (χ0n) is 20.6. The van der Waals surface area contributed by atoms with E-state index in [1.165, 1.54) is 12.0 Å². The number of methoxy groups -OCH3 is 1. The second-order valence-electron chi connectivity index (χ2n) is 8.30. The fraction of sp³-hybridized carbons (Fsp3) is 0.440. The van der Waals surface area contributed by atoms with Crippen molar-refractivity contribution in [2.45, 2.75) is 46.2 Å². The van der Waals surface area contributed by atoms with E-state index in [9.17, 15) is 18.0 Å². The minimum atomic E-state index is -3.76. The second-order valence-corrected chi connectivity index (χ2v) is 10.2. The smallest absolute Gasteiger partial charge is 0.244 e. The van der Waals surface area contributed by atoms with Gasteiger partial charge in [0.1, 0.15) is 18.3 Å². The number of anilines is 1. The van der Waals surface area contributed by atoms with Crippen molar-refractivity contribution < 1.29 is 22.7 Å². The maximum absolute atomic E-state index is 13.5. The van der Waals surface area contributed by atoms with Crippen LogP contribution in [0.1, 0.15) is 37.8 Å². The summed E-state index contributed by atoms with van der Waals surface area (Å²) >= 11 is 0.